The van der Waals surface area contributed by atoms with E-state index in [4.69, 9.17) is 0 Å². The molecule has 21 heavy (non-hydrogen) atoms. The van der Waals surface area contributed by atoms with E-state index >= 15 is 0 Å². The van der Waals surface area contributed by atoms with Crippen molar-refractivity contribution < 1.29 is 9.59 Å². The Balaban J connectivity index is 2.06. The molecule has 0 atom stereocenters. The van der Waals surface area contributed by atoms with Gasteiger partial charge in [-0.05, 0) is 30.5 Å². The van der Waals surface area contributed by atoms with Crippen LogP contribution in [0.25, 0.3) is 0 Å². The van der Waals surface area contributed by atoms with Gasteiger partial charge in [-0.1, -0.05) is 19.9 Å². The molecule has 1 N–H and O–H groups in total. The quantitative estimate of drug-likeness (QED) is 0.879. The first-order valence-corrected chi connectivity index (χ1v) is 8.46. The van der Waals surface area contributed by atoms with Gasteiger partial charge in [-0.2, -0.15) is 0 Å². The number of amides is 2. The van der Waals surface area contributed by atoms with Gasteiger partial charge < -0.3 is 10.2 Å². The number of fused-ring (bicyclic) bond motifs is 1. The van der Waals surface area contributed by atoms with Crippen LogP contribution >= 0.6 is 11.8 Å². The summed E-state index contributed by atoms with van der Waals surface area (Å²) in [6.07, 6.45) is 2.35. The van der Waals surface area contributed by atoms with Crippen molar-refractivity contribution in [2.24, 2.45) is 0 Å². The van der Waals surface area contributed by atoms with Gasteiger partial charge in [-0.25, -0.2) is 0 Å². The molecular weight excluding hydrogens is 284 g/mol. The van der Waals surface area contributed by atoms with Crippen molar-refractivity contribution in [3.63, 3.8) is 0 Å². The van der Waals surface area contributed by atoms with E-state index in [1.807, 2.05) is 23.1 Å². The number of carbonyl (C=O) groups excluding carboxylic acids is 2. The van der Waals surface area contributed by atoms with Crippen LogP contribution in [0.4, 0.5) is 5.69 Å². The average molecular weight is 306 g/mol. The van der Waals surface area contributed by atoms with Gasteiger partial charge in [-0.3, -0.25) is 9.59 Å². The highest BCUT2D eigenvalue weighted by Crippen LogP contribution is 2.32. The lowest BCUT2D eigenvalue weighted by atomic mass is 10.1. The zero-order valence-corrected chi connectivity index (χ0v) is 13.5. The van der Waals surface area contributed by atoms with Crippen molar-refractivity contribution in [1.82, 2.24) is 4.90 Å². The highest BCUT2D eigenvalue weighted by atomic mass is 32.2. The molecule has 0 radical (unpaired) electrons. The molecule has 5 heteroatoms. The molecule has 1 aliphatic heterocycles. The predicted molar refractivity (Wildman–Crippen MR) is 86.7 cm³/mol. The number of nitrogens with zero attached hydrogens (tertiary/aromatic N) is 1. The molecule has 1 heterocycles. The fourth-order valence-corrected chi connectivity index (χ4v) is 3.22. The van der Waals surface area contributed by atoms with Crippen LogP contribution in [0.2, 0.25) is 0 Å². The number of rotatable bonds is 6. The van der Waals surface area contributed by atoms with Crippen molar-refractivity contribution in [2.45, 2.75) is 38.0 Å². The number of hydrogen-bond donors (Lipinski definition) is 1. The highest BCUT2D eigenvalue weighted by Gasteiger charge is 2.17. The Morgan fingerprint density at radius 1 is 1.29 bits per heavy atom. The molecule has 0 unspecified atom stereocenters. The van der Waals surface area contributed by atoms with Crippen LogP contribution < -0.4 is 5.32 Å². The minimum Gasteiger partial charge on any atom is -0.342 e. The molecule has 0 fully saturated rings. The maximum Gasteiger partial charge on any atom is 0.234 e. The van der Waals surface area contributed by atoms with E-state index in [1.165, 1.54) is 11.8 Å². The Morgan fingerprint density at radius 3 is 2.67 bits per heavy atom. The summed E-state index contributed by atoms with van der Waals surface area (Å²) in [5.74, 6) is 0.648. The monoisotopic (exact) mass is 306 g/mol. The molecule has 114 valence electrons. The number of benzene rings is 1. The first-order valence-electron chi connectivity index (χ1n) is 7.47. The summed E-state index contributed by atoms with van der Waals surface area (Å²) in [7, 11) is 0. The van der Waals surface area contributed by atoms with Gasteiger partial charge in [0.25, 0.3) is 0 Å². The van der Waals surface area contributed by atoms with Crippen LogP contribution in [0.15, 0.2) is 23.1 Å². The van der Waals surface area contributed by atoms with E-state index < -0.39 is 0 Å². The number of nitrogens with one attached hydrogen (secondary N) is 1. The molecule has 0 saturated heterocycles. The van der Waals surface area contributed by atoms with Crippen LogP contribution in [0.1, 0.15) is 32.3 Å². The largest absolute Gasteiger partial charge is 0.342 e. The summed E-state index contributed by atoms with van der Waals surface area (Å²) in [6, 6.07) is 5.90. The van der Waals surface area contributed by atoms with Crippen molar-refractivity contribution in [2.75, 3.05) is 24.2 Å². The summed E-state index contributed by atoms with van der Waals surface area (Å²) in [5, 5.41) is 2.87. The Kier molecular flexibility index (Phi) is 5.67. The van der Waals surface area contributed by atoms with Crippen molar-refractivity contribution in [3.05, 3.63) is 23.8 Å². The van der Waals surface area contributed by atoms with Gasteiger partial charge in [0.05, 0.1) is 17.9 Å². The zero-order chi connectivity index (χ0) is 15.2. The van der Waals surface area contributed by atoms with Crippen molar-refractivity contribution >= 4 is 29.3 Å². The second-order valence-corrected chi connectivity index (χ2v) is 6.24. The molecule has 0 aromatic heterocycles. The molecule has 4 nitrogen and oxygen atoms in total. The molecule has 1 aromatic carbocycles. The summed E-state index contributed by atoms with van der Waals surface area (Å²) in [5.41, 5.74) is 1.79. The van der Waals surface area contributed by atoms with Crippen LogP contribution in [-0.2, 0) is 16.0 Å². The van der Waals surface area contributed by atoms with E-state index in [2.05, 4.69) is 19.2 Å². The molecule has 1 aliphatic rings. The molecular formula is C16H22N2O2S. The summed E-state index contributed by atoms with van der Waals surface area (Å²) in [4.78, 5) is 26.8. The lowest BCUT2D eigenvalue weighted by molar-refractivity contribution is -0.130. The number of carbonyl (C=O) groups is 2. The lowest BCUT2D eigenvalue weighted by Crippen LogP contribution is -2.33. The van der Waals surface area contributed by atoms with E-state index in [9.17, 15) is 9.59 Å². The van der Waals surface area contributed by atoms with Crippen LogP contribution in [0.3, 0.4) is 0 Å². The van der Waals surface area contributed by atoms with Crippen molar-refractivity contribution in [1.29, 1.82) is 0 Å². The van der Waals surface area contributed by atoms with Gasteiger partial charge in [0, 0.05) is 18.0 Å². The van der Waals surface area contributed by atoms with Gasteiger partial charge in [0.1, 0.15) is 0 Å². The SMILES string of the molecule is CCCN(CCC)C(=O)Cc1ccc2c(c1)NC(=O)CS2. The minimum atomic E-state index is 0.0227. The lowest BCUT2D eigenvalue weighted by Gasteiger charge is -2.22. The summed E-state index contributed by atoms with van der Waals surface area (Å²) >= 11 is 1.54. The first-order chi connectivity index (χ1) is 10.1. The van der Waals surface area contributed by atoms with E-state index in [0.717, 1.165) is 42.1 Å². The molecule has 0 aliphatic carbocycles. The van der Waals surface area contributed by atoms with Gasteiger partial charge in [-0.15, -0.1) is 11.8 Å². The normalized spacial score (nSPS) is 13.5. The third-order valence-corrected chi connectivity index (χ3v) is 4.45. The molecule has 0 bridgehead atoms. The van der Waals surface area contributed by atoms with Crippen LogP contribution in [0.5, 0.6) is 0 Å². The average Bonchev–Trinajstić information content (AvgIpc) is 2.46. The topological polar surface area (TPSA) is 49.4 Å². The molecule has 2 rings (SSSR count). The smallest absolute Gasteiger partial charge is 0.234 e. The molecule has 0 saturated carbocycles. The number of hydrogen-bond acceptors (Lipinski definition) is 3. The second-order valence-electron chi connectivity index (χ2n) is 5.22. The zero-order valence-electron chi connectivity index (χ0n) is 12.6. The highest BCUT2D eigenvalue weighted by molar-refractivity contribution is 8.00. The minimum absolute atomic E-state index is 0.0227. The van der Waals surface area contributed by atoms with Gasteiger partial charge in [0.15, 0.2) is 0 Å². The van der Waals surface area contributed by atoms with Crippen LogP contribution in [0, 0.1) is 0 Å². The fourth-order valence-electron chi connectivity index (χ4n) is 2.43. The number of thioether (sulfide) groups is 1. The fraction of sp³-hybridized carbons (Fsp3) is 0.500. The Bertz CT molecular complexity index is 525. The van der Waals surface area contributed by atoms with Crippen LogP contribution in [-0.4, -0.2) is 35.6 Å². The van der Waals surface area contributed by atoms with Crippen molar-refractivity contribution in [3.8, 4) is 0 Å². The predicted octanol–water partition coefficient (Wildman–Crippen LogP) is 2.92. The third kappa shape index (κ3) is 4.24. The summed E-state index contributed by atoms with van der Waals surface area (Å²) in [6.45, 7) is 5.79. The standard InChI is InChI=1S/C16H22N2O2S/c1-3-7-18(8-4-2)16(20)10-12-5-6-14-13(9-12)17-15(19)11-21-14/h5-6,9H,3-4,7-8,10-11H2,1-2H3,(H,17,19). The maximum atomic E-state index is 12.4. The summed E-state index contributed by atoms with van der Waals surface area (Å²) < 4.78 is 0. The van der Waals surface area contributed by atoms with E-state index in [0.29, 0.717) is 12.2 Å². The molecule has 0 spiro atoms. The molecule has 1 aromatic rings. The Labute approximate surface area is 130 Å². The second kappa shape index (κ2) is 7.50. The van der Waals surface area contributed by atoms with Gasteiger partial charge in [0.2, 0.25) is 11.8 Å². The Morgan fingerprint density at radius 2 is 2.00 bits per heavy atom. The Hall–Kier alpha value is -1.49. The molecule has 2 amide bonds. The third-order valence-electron chi connectivity index (χ3n) is 3.37. The number of anilines is 1. The van der Waals surface area contributed by atoms with Gasteiger partial charge >= 0.3 is 0 Å². The maximum absolute atomic E-state index is 12.4. The van der Waals surface area contributed by atoms with E-state index in [1.54, 1.807) is 0 Å². The first kappa shape index (κ1) is 15.9. The van der Waals surface area contributed by atoms with E-state index in [-0.39, 0.29) is 11.8 Å².